The molecule has 3 aromatic rings. The molecule has 2 aromatic carbocycles. The maximum absolute atomic E-state index is 4.18. The van der Waals surface area contributed by atoms with Crippen LogP contribution in [0, 0.1) is 0 Å². The molecule has 1 aliphatic carbocycles. The van der Waals surface area contributed by atoms with Crippen molar-refractivity contribution < 1.29 is 0 Å². The van der Waals surface area contributed by atoms with Gasteiger partial charge in [-0.05, 0) is 35.4 Å². The lowest BCUT2D eigenvalue weighted by atomic mass is 9.74. The molecule has 22 heavy (non-hydrogen) atoms. The van der Waals surface area contributed by atoms with Crippen LogP contribution in [-0.4, -0.2) is 9.55 Å². The predicted molar refractivity (Wildman–Crippen MR) is 88.9 cm³/mol. The van der Waals surface area contributed by atoms with E-state index in [4.69, 9.17) is 0 Å². The van der Waals surface area contributed by atoms with Crippen molar-refractivity contribution in [3.05, 3.63) is 90.0 Å². The molecule has 0 amide bonds. The van der Waals surface area contributed by atoms with E-state index in [-0.39, 0.29) is 0 Å². The first-order valence-electron chi connectivity index (χ1n) is 7.98. The zero-order valence-corrected chi connectivity index (χ0v) is 12.6. The molecular weight excluding hydrogens is 268 g/mol. The molecule has 2 nitrogen and oxygen atoms in total. The molecule has 1 heterocycles. The highest BCUT2D eigenvalue weighted by Gasteiger charge is 2.27. The van der Waals surface area contributed by atoms with Gasteiger partial charge in [0.25, 0.3) is 0 Å². The third-order valence-electron chi connectivity index (χ3n) is 4.79. The van der Waals surface area contributed by atoms with E-state index in [2.05, 4.69) is 70.3 Å². The molecule has 110 valence electrons. The molecule has 0 aliphatic heterocycles. The van der Waals surface area contributed by atoms with Gasteiger partial charge in [0.2, 0.25) is 0 Å². The number of imidazole rings is 1. The summed E-state index contributed by atoms with van der Waals surface area (Å²) < 4.78 is 2.20. The summed E-state index contributed by atoms with van der Waals surface area (Å²) in [5, 5.41) is 0. The van der Waals surface area contributed by atoms with Gasteiger partial charge >= 0.3 is 0 Å². The molecule has 1 aliphatic rings. The van der Waals surface area contributed by atoms with Gasteiger partial charge in [-0.2, -0.15) is 0 Å². The highest BCUT2D eigenvalue weighted by atomic mass is 15.0. The summed E-state index contributed by atoms with van der Waals surface area (Å²) in [7, 11) is 0. The van der Waals surface area contributed by atoms with E-state index < -0.39 is 0 Å². The Morgan fingerprint density at radius 2 is 1.82 bits per heavy atom. The Kier molecular flexibility index (Phi) is 3.51. The molecule has 0 radical (unpaired) electrons. The normalized spacial score (nSPS) is 20.5. The molecule has 0 spiro atoms. The first-order valence-corrected chi connectivity index (χ1v) is 7.98. The minimum Gasteiger partial charge on any atom is -0.337 e. The van der Waals surface area contributed by atoms with E-state index in [1.807, 2.05) is 12.5 Å². The average molecular weight is 288 g/mol. The Bertz CT molecular complexity index is 731. The highest BCUT2D eigenvalue weighted by Crippen LogP contribution is 2.40. The quantitative estimate of drug-likeness (QED) is 0.698. The largest absolute Gasteiger partial charge is 0.337 e. The predicted octanol–water partition coefficient (Wildman–Crippen LogP) is 4.40. The van der Waals surface area contributed by atoms with Crippen LogP contribution < -0.4 is 0 Å². The minimum atomic E-state index is 0.560. The molecule has 0 saturated carbocycles. The molecule has 0 saturated heterocycles. The lowest BCUT2D eigenvalue weighted by Gasteiger charge is -2.32. The first kappa shape index (κ1) is 13.3. The number of aromatic nitrogens is 2. The Morgan fingerprint density at radius 1 is 1.00 bits per heavy atom. The summed E-state index contributed by atoms with van der Waals surface area (Å²) in [6.07, 6.45) is 8.21. The SMILES string of the molecule is c1ccc(C2Cc3ccccc3C(Cn3ccnc3)C2)cc1. The summed E-state index contributed by atoms with van der Waals surface area (Å²) in [5.41, 5.74) is 4.49. The van der Waals surface area contributed by atoms with Crippen LogP contribution in [0.25, 0.3) is 0 Å². The second-order valence-corrected chi connectivity index (χ2v) is 6.20. The number of benzene rings is 2. The Balaban J connectivity index is 1.67. The van der Waals surface area contributed by atoms with Gasteiger partial charge < -0.3 is 4.57 Å². The molecule has 2 heteroatoms. The van der Waals surface area contributed by atoms with E-state index in [0.29, 0.717) is 11.8 Å². The van der Waals surface area contributed by atoms with Gasteiger partial charge in [-0.1, -0.05) is 54.6 Å². The third kappa shape index (κ3) is 2.57. The molecule has 2 unspecified atom stereocenters. The van der Waals surface area contributed by atoms with Crippen molar-refractivity contribution in [2.75, 3.05) is 0 Å². The summed E-state index contributed by atoms with van der Waals surface area (Å²) in [5.74, 6) is 1.17. The summed E-state index contributed by atoms with van der Waals surface area (Å²) in [6, 6.07) is 19.9. The lowest BCUT2D eigenvalue weighted by Crippen LogP contribution is -2.20. The summed E-state index contributed by atoms with van der Waals surface area (Å²) in [6.45, 7) is 1.01. The van der Waals surface area contributed by atoms with Crippen LogP contribution >= 0.6 is 0 Å². The molecule has 4 rings (SSSR count). The summed E-state index contributed by atoms with van der Waals surface area (Å²) >= 11 is 0. The van der Waals surface area contributed by atoms with Gasteiger partial charge in [0.1, 0.15) is 0 Å². The van der Waals surface area contributed by atoms with Crippen molar-refractivity contribution in [1.82, 2.24) is 9.55 Å². The molecule has 1 aromatic heterocycles. The molecular formula is C20H20N2. The maximum Gasteiger partial charge on any atom is 0.0946 e. The topological polar surface area (TPSA) is 17.8 Å². The van der Waals surface area contributed by atoms with Gasteiger partial charge in [0, 0.05) is 24.9 Å². The third-order valence-corrected chi connectivity index (χ3v) is 4.79. The van der Waals surface area contributed by atoms with E-state index >= 15 is 0 Å². The standard InChI is InChI=1S/C20H20N2/c1-2-6-16(7-3-1)18-12-17-8-4-5-9-20(17)19(13-18)14-22-11-10-21-15-22/h1-11,15,18-19H,12-14H2. The second-order valence-electron chi connectivity index (χ2n) is 6.20. The second kappa shape index (κ2) is 5.80. The van der Waals surface area contributed by atoms with Crippen LogP contribution in [0.5, 0.6) is 0 Å². The van der Waals surface area contributed by atoms with Crippen LogP contribution in [0.4, 0.5) is 0 Å². The van der Waals surface area contributed by atoms with Crippen molar-refractivity contribution >= 4 is 0 Å². The molecule has 0 N–H and O–H groups in total. The first-order chi connectivity index (χ1) is 10.9. The van der Waals surface area contributed by atoms with Crippen LogP contribution in [0.2, 0.25) is 0 Å². The summed E-state index contributed by atoms with van der Waals surface area (Å²) in [4.78, 5) is 4.18. The van der Waals surface area contributed by atoms with E-state index in [1.165, 1.54) is 23.1 Å². The zero-order valence-electron chi connectivity index (χ0n) is 12.6. The Morgan fingerprint density at radius 3 is 2.64 bits per heavy atom. The van der Waals surface area contributed by atoms with E-state index in [1.54, 1.807) is 0 Å². The van der Waals surface area contributed by atoms with E-state index in [0.717, 1.165) is 13.0 Å². The van der Waals surface area contributed by atoms with Gasteiger partial charge in [0.05, 0.1) is 6.33 Å². The van der Waals surface area contributed by atoms with Crippen LogP contribution in [0.15, 0.2) is 73.3 Å². The van der Waals surface area contributed by atoms with Crippen LogP contribution in [0.1, 0.15) is 34.9 Å². The fourth-order valence-electron chi connectivity index (χ4n) is 3.74. The number of hydrogen-bond donors (Lipinski definition) is 0. The van der Waals surface area contributed by atoms with Crippen LogP contribution in [0.3, 0.4) is 0 Å². The molecule has 0 fully saturated rings. The smallest absolute Gasteiger partial charge is 0.0946 e. The zero-order chi connectivity index (χ0) is 14.8. The van der Waals surface area contributed by atoms with Gasteiger partial charge in [0.15, 0.2) is 0 Å². The minimum absolute atomic E-state index is 0.560. The lowest BCUT2D eigenvalue weighted by molar-refractivity contribution is 0.443. The fourth-order valence-corrected chi connectivity index (χ4v) is 3.74. The Hall–Kier alpha value is -2.35. The fraction of sp³-hybridized carbons (Fsp3) is 0.250. The number of rotatable bonds is 3. The number of hydrogen-bond acceptors (Lipinski definition) is 1. The van der Waals surface area contributed by atoms with Gasteiger partial charge in [-0.3, -0.25) is 0 Å². The average Bonchev–Trinajstić information content (AvgIpc) is 3.09. The van der Waals surface area contributed by atoms with Crippen molar-refractivity contribution in [2.45, 2.75) is 31.2 Å². The number of nitrogens with zero attached hydrogens (tertiary/aromatic N) is 2. The van der Waals surface area contributed by atoms with E-state index in [9.17, 15) is 0 Å². The van der Waals surface area contributed by atoms with Crippen molar-refractivity contribution in [3.8, 4) is 0 Å². The monoisotopic (exact) mass is 288 g/mol. The van der Waals surface area contributed by atoms with Crippen molar-refractivity contribution in [2.24, 2.45) is 0 Å². The molecule has 0 bridgehead atoms. The highest BCUT2D eigenvalue weighted by molar-refractivity contribution is 5.36. The number of fused-ring (bicyclic) bond motifs is 1. The van der Waals surface area contributed by atoms with Gasteiger partial charge in [-0.15, -0.1) is 0 Å². The van der Waals surface area contributed by atoms with Crippen LogP contribution in [-0.2, 0) is 13.0 Å². The molecule has 2 atom stereocenters. The van der Waals surface area contributed by atoms with Crippen molar-refractivity contribution in [1.29, 1.82) is 0 Å². The Labute approximate surface area is 131 Å². The van der Waals surface area contributed by atoms with Crippen molar-refractivity contribution in [3.63, 3.8) is 0 Å². The van der Waals surface area contributed by atoms with Gasteiger partial charge in [-0.25, -0.2) is 4.98 Å². The maximum atomic E-state index is 4.18.